The number of halogens is 2. The van der Waals surface area contributed by atoms with Crippen LogP contribution in [0.1, 0.15) is 11.1 Å². The zero-order valence-corrected chi connectivity index (χ0v) is 14.2. The molecule has 0 aliphatic rings. The molecule has 2 rings (SSSR count). The molecule has 0 amide bonds. The Kier molecular flexibility index (Phi) is 4.69. The van der Waals surface area contributed by atoms with Gasteiger partial charge in [-0.3, -0.25) is 0 Å². The Morgan fingerprint density at radius 2 is 1.90 bits per heavy atom. The van der Waals surface area contributed by atoms with Crippen molar-refractivity contribution in [3.05, 3.63) is 50.4 Å². The van der Waals surface area contributed by atoms with Crippen molar-refractivity contribution in [1.29, 1.82) is 5.26 Å². The first-order chi connectivity index (χ1) is 9.55. The molecular weight excluding hydrogens is 384 g/mol. The number of nitriles is 1. The Bertz CT molecular complexity index is 693. The van der Waals surface area contributed by atoms with Crippen LogP contribution in [0.3, 0.4) is 0 Å². The number of methoxy groups -OCH3 is 1. The lowest BCUT2D eigenvalue weighted by atomic mass is 10.1. The predicted octanol–water partition coefficient (Wildman–Crippen LogP) is 5.14. The summed E-state index contributed by atoms with van der Waals surface area (Å²) in [5.41, 5.74) is 3.45. The molecule has 0 heterocycles. The molecule has 0 aliphatic carbocycles. The van der Waals surface area contributed by atoms with E-state index >= 15 is 0 Å². The molecule has 0 saturated carbocycles. The molecule has 0 saturated heterocycles. The van der Waals surface area contributed by atoms with E-state index in [0.29, 0.717) is 5.56 Å². The van der Waals surface area contributed by atoms with Gasteiger partial charge in [0, 0.05) is 16.2 Å². The second-order valence-electron chi connectivity index (χ2n) is 4.23. The van der Waals surface area contributed by atoms with E-state index < -0.39 is 0 Å². The van der Waals surface area contributed by atoms with Crippen molar-refractivity contribution < 1.29 is 4.74 Å². The highest BCUT2D eigenvalue weighted by atomic mass is 79.9. The molecule has 102 valence electrons. The molecule has 0 aliphatic heterocycles. The largest absolute Gasteiger partial charge is 0.495 e. The van der Waals surface area contributed by atoms with Crippen molar-refractivity contribution in [1.82, 2.24) is 0 Å². The van der Waals surface area contributed by atoms with Crippen LogP contribution in [0, 0.1) is 18.3 Å². The van der Waals surface area contributed by atoms with Crippen molar-refractivity contribution in [3.8, 4) is 11.8 Å². The molecule has 2 aromatic carbocycles. The molecule has 0 fully saturated rings. The van der Waals surface area contributed by atoms with Gasteiger partial charge in [-0.1, -0.05) is 0 Å². The van der Waals surface area contributed by atoms with E-state index in [1.165, 1.54) is 0 Å². The number of nitrogens with zero attached hydrogens (tertiary/aromatic N) is 1. The number of benzene rings is 2. The minimum Gasteiger partial charge on any atom is -0.495 e. The maximum absolute atomic E-state index is 8.94. The lowest BCUT2D eigenvalue weighted by Gasteiger charge is -2.12. The number of nitrogens with one attached hydrogen (secondary N) is 1. The van der Waals surface area contributed by atoms with Gasteiger partial charge in [-0.05, 0) is 68.6 Å². The molecule has 0 aromatic heterocycles. The summed E-state index contributed by atoms with van der Waals surface area (Å²) in [7, 11) is 1.63. The van der Waals surface area contributed by atoms with Crippen LogP contribution in [0.2, 0.25) is 0 Å². The molecule has 1 N–H and O–H groups in total. The fraction of sp³-hybridized carbons (Fsp3) is 0.133. The van der Waals surface area contributed by atoms with Crippen molar-refractivity contribution in [3.63, 3.8) is 0 Å². The molecular formula is C15H12Br2N2O. The van der Waals surface area contributed by atoms with Gasteiger partial charge >= 0.3 is 0 Å². The number of ether oxygens (including phenoxy) is 1. The normalized spacial score (nSPS) is 9.95. The van der Waals surface area contributed by atoms with Crippen LogP contribution in [0.25, 0.3) is 0 Å². The Labute approximate surface area is 134 Å². The van der Waals surface area contributed by atoms with Crippen molar-refractivity contribution in [2.75, 3.05) is 12.4 Å². The lowest BCUT2D eigenvalue weighted by molar-refractivity contribution is 0.412. The number of anilines is 2. The van der Waals surface area contributed by atoms with E-state index in [1.54, 1.807) is 7.11 Å². The summed E-state index contributed by atoms with van der Waals surface area (Å²) in [6.45, 7) is 1.92. The van der Waals surface area contributed by atoms with Crippen molar-refractivity contribution >= 4 is 43.2 Å². The quantitative estimate of drug-likeness (QED) is 0.781. The smallest absolute Gasteiger partial charge is 0.135 e. The highest BCUT2D eigenvalue weighted by Crippen LogP contribution is 2.36. The molecule has 20 heavy (non-hydrogen) atoms. The molecule has 0 atom stereocenters. The minimum absolute atomic E-state index is 0.683. The Hall–Kier alpha value is -1.51. The Morgan fingerprint density at radius 3 is 2.50 bits per heavy atom. The van der Waals surface area contributed by atoms with E-state index in [2.05, 4.69) is 43.2 Å². The minimum atomic E-state index is 0.683. The summed E-state index contributed by atoms with van der Waals surface area (Å²) in [6.07, 6.45) is 0. The maximum atomic E-state index is 8.94. The average molecular weight is 396 g/mol. The van der Waals surface area contributed by atoms with Gasteiger partial charge in [0.1, 0.15) is 5.75 Å². The summed E-state index contributed by atoms with van der Waals surface area (Å²) in [5.74, 6) is 0.751. The van der Waals surface area contributed by atoms with Crippen LogP contribution >= 0.6 is 31.9 Å². The highest BCUT2D eigenvalue weighted by Gasteiger charge is 2.08. The first-order valence-electron chi connectivity index (χ1n) is 5.86. The monoisotopic (exact) mass is 394 g/mol. The summed E-state index contributed by atoms with van der Waals surface area (Å²) in [6, 6.07) is 11.6. The average Bonchev–Trinajstić information content (AvgIpc) is 2.42. The maximum Gasteiger partial charge on any atom is 0.135 e. The van der Waals surface area contributed by atoms with Crippen LogP contribution in [0.4, 0.5) is 11.4 Å². The highest BCUT2D eigenvalue weighted by molar-refractivity contribution is 9.11. The third-order valence-electron chi connectivity index (χ3n) is 2.87. The van der Waals surface area contributed by atoms with Gasteiger partial charge in [0.15, 0.2) is 0 Å². The number of hydrogen-bond acceptors (Lipinski definition) is 3. The number of hydrogen-bond donors (Lipinski definition) is 1. The Morgan fingerprint density at radius 1 is 1.15 bits per heavy atom. The van der Waals surface area contributed by atoms with Crippen LogP contribution in [-0.4, -0.2) is 7.11 Å². The lowest BCUT2D eigenvalue weighted by Crippen LogP contribution is -1.95. The Balaban J connectivity index is 2.35. The van der Waals surface area contributed by atoms with Crippen LogP contribution in [0.15, 0.2) is 39.3 Å². The molecule has 5 heteroatoms. The summed E-state index contributed by atoms with van der Waals surface area (Å²) >= 11 is 6.95. The summed E-state index contributed by atoms with van der Waals surface area (Å²) in [5, 5.41) is 12.3. The molecule has 2 aromatic rings. The molecule has 0 bridgehead atoms. The zero-order valence-electron chi connectivity index (χ0n) is 11.0. The van der Waals surface area contributed by atoms with Gasteiger partial charge in [-0.25, -0.2) is 0 Å². The van der Waals surface area contributed by atoms with Crippen molar-refractivity contribution in [2.45, 2.75) is 6.92 Å². The standard InChI is InChI=1S/C15H12Br2N2O/c1-9-5-11(4-3-10(9)8-18)19-14-7-15(20-2)13(17)6-12(14)16/h3-7,19H,1-2H3. The van der Waals surface area contributed by atoms with Gasteiger partial charge in [-0.15, -0.1) is 0 Å². The van der Waals surface area contributed by atoms with E-state index in [1.807, 2.05) is 37.3 Å². The van der Waals surface area contributed by atoms with Crippen molar-refractivity contribution in [2.24, 2.45) is 0 Å². The van der Waals surface area contributed by atoms with E-state index in [0.717, 1.165) is 31.6 Å². The molecule has 0 radical (unpaired) electrons. The van der Waals surface area contributed by atoms with Crippen LogP contribution in [-0.2, 0) is 0 Å². The predicted molar refractivity (Wildman–Crippen MR) is 87.6 cm³/mol. The fourth-order valence-corrected chi connectivity index (χ4v) is 3.06. The van der Waals surface area contributed by atoms with Crippen LogP contribution < -0.4 is 10.1 Å². The van der Waals surface area contributed by atoms with Gasteiger partial charge < -0.3 is 10.1 Å². The summed E-state index contributed by atoms with van der Waals surface area (Å²) < 4.78 is 7.09. The van der Waals surface area contributed by atoms with Crippen LogP contribution in [0.5, 0.6) is 5.75 Å². The van der Waals surface area contributed by atoms with Gasteiger partial charge in [-0.2, -0.15) is 5.26 Å². The fourth-order valence-electron chi connectivity index (χ4n) is 1.80. The first-order valence-corrected chi connectivity index (χ1v) is 7.44. The number of rotatable bonds is 3. The first kappa shape index (κ1) is 14.9. The SMILES string of the molecule is COc1cc(Nc2ccc(C#N)c(C)c2)c(Br)cc1Br. The number of aryl methyl sites for hydroxylation is 1. The summed E-state index contributed by atoms with van der Waals surface area (Å²) in [4.78, 5) is 0. The van der Waals surface area contributed by atoms with Gasteiger partial charge in [0.25, 0.3) is 0 Å². The van der Waals surface area contributed by atoms with E-state index in [9.17, 15) is 0 Å². The molecule has 0 spiro atoms. The second-order valence-corrected chi connectivity index (χ2v) is 5.94. The zero-order chi connectivity index (χ0) is 14.7. The molecule has 3 nitrogen and oxygen atoms in total. The van der Waals surface area contributed by atoms with E-state index in [-0.39, 0.29) is 0 Å². The van der Waals surface area contributed by atoms with Gasteiger partial charge in [0.2, 0.25) is 0 Å². The van der Waals surface area contributed by atoms with E-state index in [4.69, 9.17) is 10.00 Å². The molecule has 0 unspecified atom stereocenters. The second kappa shape index (κ2) is 6.29. The topological polar surface area (TPSA) is 45.0 Å². The third-order valence-corrected chi connectivity index (χ3v) is 4.14. The third kappa shape index (κ3) is 3.14. The van der Waals surface area contributed by atoms with Gasteiger partial charge in [0.05, 0.1) is 28.9 Å².